The van der Waals surface area contributed by atoms with Crippen LogP contribution >= 0.6 is 15.9 Å². The number of benzene rings is 3. The minimum atomic E-state index is 1.03. The molecule has 21 heavy (non-hydrogen) atoms. The summed E-state index contributed by atoms with van der Waals surface area (Å²) in [5, 5.41) is 2.62. The fourth-order valence-corrected chi connectivity index (χ4v) is 3.81. The largest absolute Gasteiger partial charge is 0.0765 e. The van der Waals surface area contributed by atoms with Crippen molar-refractivity contribution in [3.05, 3.63) is 76.3 Å². The zero-order valence-corrected chi connectivity index (χ0v) is 13.4. The van der Waals surface area contributed by atoms with Gasteiger partial charge in [-0.25, -0.2) is 0 Å². The number of rotatable bonds is 1. The Morgan fingerprint density at radius 1 is 0.857 bits per heavy atom. The van der Waals surface area contributed by atoms with Gasteiger partial charge in [-0.3, -0.25) is 0 Å². The quantitative estimate of drug-likeness (QED) is 0.494. The van der Waals surface area contributed by atoms with Gasteiger partial charge in [0.25, 0.3) is 0 Å². The van der Waals surface area contributed by atoms with Gasteiger partial charge in [0.2, 0.25) is 0 Å². The Balaban J connectivity index is 2.07. The average molecular weight is 335 g/mol. The Kier molecular flexibility index (Phi) is 2.97. The molecule has 0 unspecified atom stereocenters. The van der Waals surface area contributed by atoms with Crippen molar-refractivity contribution in [3.63, 3.8) is 0 Å². The van der Waals surface area contributed by atoms with E-state index in [0.29, 0.717) is 0 Å². The van der Waals surface area contributed by atoms with E-state index in [1.807, 2.05) is 0 Å². The molecule has 1 heteroatoms. The van der Waals surface area contributed by atoms with Crippen LogP contribution in [0.1, 0.15) is 18.1 Å². The first kappa shape index (κ1) is 12.8. The maximum absolute atomic E-state index is 3.70. The Morgan fingerprint density at radius 3 is 2.57 bits per heavy atom. The molecule has 0 aromatic heterocycles. The van der Waals surface area contributed by atoms with Crippen LogP contribution in [0.5, 0.6) is 0 Å². The summed E-state index contributed by atoms with van der Waals surface area (Å²) >= 11 is 3.70. The van der Waals surface area contributed by atoms with E-state index in [9.17, 15) is 0 Å². The van der Waals surface area contributed by atoms with E-state index in [2.05, 4.69) is 83.5 Å². The molecule has 0 amide bonds. The van der Waals surface area contributed by atoms with Crippen molar-refractivity contribution in [1.29, 1.82) is 0 Å². The normalized spacial score (nSPS) is 13.3. The lowest BCUT2D eigenvalue weighted by Gasteiger charge is -2.14. The number of hydrogen-bond acceptors (Lipinski definition) is 0. The van der Waals surface area contributed by atoms with Gasteiger partial charge in [0.1, 0.15) is 0 Å². The van der Waals surface area contributed by atoms with E-state index >= 15 is 0 Å². The summed E-state index contributed by atoms with van der Waals surface area (Å²) in [4.78, 5) is 0. The fraction of sp³-hybridized carbons (Fsp3) is 0.100. The van der Waals surface area contributed by atoms with Gasteiger partial charge in [0, 0.05) is 4.47 Å². The minimum Gasteiger partial charge on any atom is -0.0765 e. The first-order valence-electron chi connectivity index (χ1n) is 7.22. The molecule has 0 aliphatic heterocycles. The lowest BCUT2D eigenvalue weighted by molar-refractivity contribution is 1.29. The van der Waals surface area contributed by atoms with Crippen LogP contribution in [0.15, 0.2) is 65.1 Å². The molecule has 4 rings (SSSR count). The van der Waals surface area contributed by atoms with E-state index in [-0.39, 0.29) is 0 Å². The van der Waals surface area contributed by atoms with Gasteiger partial charge in [0.05, 0.1) is 0 Å². The van der Waals surface area contributed by atoms with E-state index in [0.717, 1.165) is 6.42 Å². The Bertz CT molecular complexity index is 882. The maximum Gasteiger partial charge on any atom is 0.0216 e. The molecule has 1 aliphatic carbocycles. The third-order valence-electron chi connectivity index (χ3n) is 4.34. The zero-order valence-electron chi connectivity index (χ0n) is 11.9. The molecule has 0 radical (unpaired) electrons. The monoisotopic (exact) mass is 334 g/mol. The van der Waals surface area contributed by atoms with Crippen LogP contribution in [-0.4, -0.2) is 0 Å². The third-order valence-corrected chi connectivity index (χ3v) is 5.09. The molecule has 0 saturated carbocycles. The number of fused-ring (bicyclic) bond motifs is 2. The van der Waals surface area contributed by atoms with Gasteiger partial charge in [-0.1, -0.05) is 70.5 Å². The SMILES string of the molecule is CC1=CCc2c(Br)ccc(-c3cccc4ccccc34)c21. The standard InChI is InChI=1S/C20H15Br/c1-13-9-10-18-19(21)12-11-17(20(13)18)16-8-4-6-14-5-2-3-7-15(14)16/h2-9,11-12H,10H2,1H3. The summed E-state index contributed by atoms with van der Waals surface area (Å²) in [5.74, 6) is 0. The molecule has 1 aliphatic rings. The van der Waals surface area contributed by atoms with Gasteiger partial charge < -0.3 is 0 Å². The molecule has 0 spiro atoms. The molecular weight excluding hydrogens is 320 g/mol. The second kappa shape index (κ2) is 4.85. The van der Waals surface area contributed by atoms with Crippen LogP contribution in [0.3, 0.4) is 0 Å². The lowest BCUT2D eigenvalue weighted by atomic mass is 9.91. The molecule has 0 N–H and O–H groups in total. The molecule has 0 heterocycles. The molecule has 3 aromatic carbocycles. The highest BCUT2D eigenvalue weighted by Crippen LogP contribution is 2.41. The van der Waals surface area contributed by atoms with Crippen molar-refractivity contribution >= 4 is 32.3 Å². The van der Waals surface area contributed by atoms with Crippen LogP contribution < -0.4 is 0 Å². The van der Waals surface area contributed by atoms with E-state index in [1.54, 1.807) is 0 Å². The Hall–Kier alpha value is -1.86. The van der Waals surface area contributed by atoms with Crippen molar-refractivity contribution in [2.24, 2.45) is 0 Å². The highest BCUT2D eigenvalue weighted by molar-refractivity contribution is 9.10. The predicted octanol–water partition coefficient (Wildman–Crippen LogP) is 6.23. The summed E-state index contributed by atoms with van der Waals surface area (Å²) in [6.07, 6.45) is 3.35. The second-order valence-electron chi connectivity index (χ2n) is 5.57. The molecule has 0 atom stereocenters. The molecule has 102 valence electrons. The summed E-state index contributed by atoms with van der Waals surface area (Å²) < 4.78 is 1.22. The van der Waals surface area contributed by atoms with Gasteiger partial charge >= 0.3 is 0 Å². The molecule has 0 nitrogen and oxygen atoms in total. The summed E-state index contributed by atoms with van der Waals surface area (Å²) in [6.45, 7) is 2.22. The summed E-state index contributed by atoms with van der Waals surface area (Å²) in [6, 6.07) is 19.6. The topological polar surface area (TPSA) is 0 Å². The Labute approximate surface area is 133 Å². The van der Waals surface area contributed by atoms with E-state index in [1.165, 1.54) is 43.1 Å². The van der Waals surface area contributed by atoms with Gasteiger partial charge in [-0.05, 0) is 58.0 Å². The van der Waals surface area contributed by atoms with Gasteiger partial charge in [0.15, 0.2) is 0 Å². The van der Waals surface area contributed by atoms with Crippen molar-refractivity contribution in [1.82, 2.24) is 0 Å². The Morgan fingerprint density at radius 2 is 1.67 bits per heavy atom. The zero-order chi connectivity index (χ0) is 14.4. The predicted molar refractivity (Wildman–Crippen MR) is 94.4 cm³/mol. The van der Waals surface area contributed by atoms with Crippen molar-refractivity contribution in [3.8, 4) is 11.1 Å². The highest BCUT2D eigenvalue weighted by Gasteiger charge is 2.19. The van der Waals surface area contributed by atoms with Gasteiger partial charge in [-0.15, -0.1) is 0 Å². The average Bonchev–Trinajstić information content (AvgIpc) is 2.91. The highest BCUT2D eigenvalue weighted by atomic mass is 79.9. The first-order chi connectivity index (χ1) is 10.3. The maximum atomic E-state index is 3.70. The van der Waals surface area contributed by atoms with Crippen LogP contribution in [0.2, 0.25) is 0 Å². The number of allylic oxidation sites excluding steroid dienone is 2. The minimum absolute atomic E-state index is 1.03. The van der Waals surface area contributed by atoms with Crippen LogP contribution in [0, 0.1) is 0 Å². The van der Waals surface area contributed by atoms with Crippen LogP contribution in [0.4, 0.5) is 0 Å². The number of halogens is 1. The second-order valence-corrected chi connectivity index (χ2v) is 6.42. The molecule has 0 bridgehead atoms. The molecule has 3 aromatic rings. The van der Waals surface area contributed by atoms with E-state index in [4.69, 9.17) is 0 Å². The molecule has 0 fully saturated rings. The lowest BCUT2D eigenvalue weighted by Crippen LogP contribution is -1.92. The smallest absolute Gasteiger partial charge is 0.0216 e. The fourth-order valence-electron chi connectivity index (χ4n) is 3.31. The van der Waals surface area contributed by atoms with Crippen LogP contribution in [0.25, 0.3) is 27.5 Å². The molecular formula is C20H15Br. The van der Waals surface area contributed by atoms with Crippen molar-refractivity contribution < 1.29 is 0 Å². The first-order valence-corrected chi connectivity index (χ1v) is 8.01. The van der Waals surface area contributed by atoms with E-state index < -0.39 is 0 Å². The van der Waals surface area contributed by atoms with Gasteiger partial charge in [-0.2, -0.15) is 0 Å². The summed E-state index contributed by atoms with van der Waals surface area (Å²) in [7, 11) is 0. The van der Waals surface area contributed by atoms with Crippen molar-refractivity contribution in [2.75, 3.05) is 0 Å². The molecule has 0 saturated heterocycles. The third kappa shape index (κ3) is 1.96. The summed E-state index contributed by atoms with van der Waals surface area (Å²) in [5.41, 5.74) is 6.87. The van der Waals surface area contributed by atoms with Crippen LogP contribution in [-0.2, 0) is 6.42 Å². The number of hydrogen-bond donors (Lipinski definition) is 0. The van der Waals surface area contributed by atoms with Crippen molar-refractivity contribution in [2.45, 2.75) is 13.3 Å².